The zero-order valence-corrected chi connectivity index (χ0v) is 9.62. The Morgan fingerprint density at radius 1 is 1.35 bits per heavy atom. The number of H-pyrrole nitrogens is 1. The molecule has 0 spiro atoms. The minimum atomic E-state index is -0.266. The topological polar surface area (TPSA) is 83.8 Å². The lowest BCUT2D eigenvalue weighted by atomic mass is 10.1. The van der Waals surface area contributed by atoms with Crippen molar-refractivity contribution >= 4 is 23.3 Å². The van der Waals surface area contributed by atoms with Crippen molar-refractivity contribution in [2.45, 2.75) is 0 Å². The Kier molecular flexibility index (Phi) is 3.15. The molecule has 0 atom stereocenters. The summed E-state index contributed by atoms with van der Waals surface area (Å²) in [5.41, 5.74) is 6.47. The maximum Gasteiger partial charge on any atom is 0.252 e. The molecular formula is C11H10N4OS. The van der Waals surface area contributed by atoms with E-state index in [-0.39, 0.29) is 16.6 Å². The summed E-state index contributed by atoms with van der Waals surface area (Å²) in [6.07, 6.45) is 0. The van der Waals surface area contributed by atoms with E-state index in [0.29, 0.717) is 5.69 Å². The largest absolute Gasteiger partial charge is 0.376 e. The van der Waals surface area contributed by atoms with Gasteiger partial charge in [-0.3, -0.25) is 9.78 Å². The first-order valence-corrected chi connectivity index (χ1v) is 5.29. The van der Waals surface area contributed by atoms with E-state index in [9.17, 15) is 4.79 Å². The second-order valence-electron chi connectivity index (χ2n) is 3.33. The van der Waals surface area contributed by atoms with E-state index >= 15 is 0 Å². The zero-order valence-electron chi connectivity index (χ0n) is 8.81. The molecule has 0 amide bonds. The number of hydrogen-bond donors (Lipinski definition) is 3. The van der Waals surface area contributed by atoms with E-state index in [1.54, 1.807) is 0 Å². The number of anilines is 1. The van der Waals surface area contributed by atoms with Gasteiger partial charge in [-0.2, -0.15) is 0 Å². The van der Waals surface area contributed by atoms with Crippen LogP contribution < -0.4 is 16.6 Å². The molecule has 86 valence electrons. The van der Waals surface area contributed by atoms with Crippen LogP contribution in [-0.4, -0.2) is 15.1 Å². The van der Waals surface area contributed by atoms with E-state index in [2.05, 4.69) is 27.5 Å². The van der Waals surface area contributed by atoms with Crippen molar-refractivity contribution in [2.75, 3.05) is 5.32 Å². The van der Waals surface area contributed by atoms with Gasteiger partial charge in [0.2, 0.25) is 5.95 Å². The highest BCUT2D eigenvalue weighted by Gasteiger charge is 2.03. The molecule has 2 rings (SSSR count). The molecule has 0 aliphatic carbocycles. The number of rotatable bonds is 2. The smallest absolute Gasteiger partial charge is 0.252 e. The van der Waals surface area contributed by atoms with Crippen LogP contribution in [0, 0.1) is 0 Å². The van der Waals surface area contributed by atoms with Crippen LogP contribution >= 0.6 is 12.2 Å². The highest BCUT2D eigenvalue weighted by Crippen LogP contribution is 2.15. The monoisotopic (exact) mass is 246 g/mol. The Labute approximate surface area is 103 Å². The van der Waals surface area contributed by atoms with Gasteiger partial charge in [0, 0.05) is 11.6 Å². The van der Waals surface area contributed by atoms with Crippen LogP contribution in [-0.2, 0) is 0 Å². The van der Waals surface area contributed by atoms with Crippen molar-refractivity contribution in [3.05, 3.63) is 46.8 Å². The third kappa shape index (κ3) is 2.88. The highest BCUT2D eigenvalue weighted by atomic mass is 32.1. The molecule has 0 radical (unpaired) electrons. The lowest BCUT2D eigenvalue weighted by Gasteiger charge is -2.05. The molecule has 1 aromatic heterocycles. The summed E-state index contributed by atoms with van der Waals surface area (Å²) in [5, 5.41) is 2.65. The number of benzene rings is 1. The fourth-order valence-corrected chi connectivity index (χ4v) is 1.49. The van der Waals surface area contributed by atoms with E-state index in [4.69, 9.17) is 5.73 Å². The van der Waals surface area contributed by atoms with Crippen molar-refractivity contribution in [1.29, 1.82) is 0 Å². The van der Waals surface area contributed by atoms with Crippen LogP contribution in [0.5, 0.6) is 0 Å². The first-order valence-electron chi connectivity index (χ1n) is 4.88. The molecule has 0 unspecified atom stereocenters. The Morgan fingerprint density at radius 3 is 2.71 bits per heavy atom. The average molecular weight is 246 g/mol. The minimum Gasteiger partial charge on any atom is -0.376 e. The van der Waals surface area contributed by atoms with Crippen LogP contribution in [0.2, 0.25) is 0 Å². The fraction of sp³-hybridized carbons (Fsp3) is 0. The summed E-state index contributed by atoms with van der Waals surface area (Å²) < 4.78 is 0. The quantitative estimate of drug-likeness (QED) is 0.691. The van der Waals surface area contributed by atoms with Crippen LogP contribution in [0.15, 0.2) is 41.2 Å². The molecule has 2 aromatic rings. The van der Waals surface area contributed by atoms with Gasteiger partial charge in [-0.05, 0) is 12.2 Å². The lowest BCUT2D eigenvalue weighted by molar-refractivity contribution is 1.13. The third-order valence-corrected chi connectivity index (χ3v) is 2.15. The predicted molar refractivity (Wildman–Crippen MR) is 70.7 cm³/mol. The van der Waals surface area contributed by atoms with Gasteiger partial charge in [0.05, 0.1) is 5.69 Å². The van der Waals surface area contributed by atoms with Crippen LogP contribution in [0.25, 0.3) is 11.3 Å². The summed E-state index contributed by atoms with van der Waals surface area (Å²) >= 11 is 4.69. The number of aromatic nitrogens is 2. The first-order chi connectivity index (χ1) is 8.15. The van der Waals surface area contributed by atoms with Gasteiger partial charge in [-0.15, -0.1) is 0 Å². The number of nitrogens with one attached hydrogen (secondary N) is 2. The van der Waals surface area contributed by atoms with Gasteiger partial charge in [0.15, 0.2) is 5.11 Å². The number of thiocarbonyl (C=S) groups is 1. The summed E-state index contributed by atoms with van der Waals surface area (Å²) in [6.45, 7) is 0. The minimum absolute atomic E-state index is 0.0540. The number of aromatic amines is 1. The first kappa shape index (κ1) is 11.3. The molecule has 17 heavy (non-hydrogen) atoms. The Morgan fingerprint density at radius 2 is 2.06 bits per heavy atom. The van der Waals surface area contributed by atoms with Crippen molar-refractivity contribution in [1.82, 2.24) is 9.97 Å². The standard InChI is InChI=1S/C11H10N4OS/c12-10(17)15-11-13-8(6-9(16)14-11)7-4-2-1-3-5-7/h1-6H,(H4,12,13,14,15,16,17). The SMILES string of the molecule is NC(=S)Nc1nc(-c2ccccc2)cc(=O)[nH]1. The third-order valence-electron chi connectivity index (χ3n) is 2.05. The summed E-state index contributed by atoms with van der Waals surface area (Å²) in [5.74, 6) is 0.240. The fourth-order valence-electron chi connectivity index (χ4n) is 1.39. The van der Waals surface area contributed by atoms with Gasteiger partial charge < -0.3 is 11.1 Å². The molecule has 1 aromatic carbocycles. The van der Waals surface area contributed by atoms with Crippen molar-refractivity contribution in [3.8, 4) is 11.3 Å². The van der Waals surface area contributed by atoms with Crippen LogP contribution in [0.1, 0.15) is 0 Å². The summed E-state index contributed by atoms with van der Waals surface area (Å²) in [6, 6.07) is 10.8. The summed E-state index contributed by atoms with van der Waals surface area (Å²) in [4.78, 5) is 18.2. The molecular weight excluding hydrogens is 236 g/mol. The normalized spacial score (nSPS) is 9.88. The summed E-state index contributed by atoms with van der Waals surface area (Å²) in [7, 11) is 0. The molecule has 0 saturated heterocycles. The average Bonchev–Trinajstić information content (AvgIpc) is 2.28. The number of nitrogens with zero attached hydrogens (tertiary/aromatic N) is 1. The Balaban J connectivity index is 2.45. The maximum absolute atomic E-state index is 11.4. The highest BCUT2D eigenvalue weighted by molar-refractivity contribution is 7.80. The molecule has 0 saturated carbocycles. The predicted octanol–water partition coefficient (Wildman–Crippen LogP) is 1.09. The lowest BCUT2D eigenvalue weighted by Crippen LogP contribution is -2.22. The van der Waals surface area contributed by atoms with Gasteiger partial charge in [0.25, 0.3) is 5.56 Å². The van der Waals surface area contributed by atoms with Gasteiger partial charge >= 0.3 is 0 Å². The Bertz CT molecular complexity index is 594. The Hall–Kier alpha value is -2.21. The number of hydrogen-bond acceptors (Lipinski definition) is 3. The number of nitrogens with two attached hydrogens (primary N) is 1. The maximum atomic E-state index is 11.4. The van der Waals surface area contributed by atoms with Crippen molar-refractivity contribution < 1.29 is 0 Å². The molecule has 1 heterocycles. The molecule has 0 aliphatic rings. The second-order valence-corrected chi connectivity index (χ2v) is 3.77. The van der Waals surface area contributed by atoms with Gasteiger partial charge in [-0.1, -0.05) is 30.3 Å². The van der Waals surface area contributed by atoms with Crippen molar-refractivity contribution in [2.24, 2.45) is 5.73 Å². The van der Waals surface area contributed by atoms with Crippen LogP contribution in [0.4, 0.5) is 5.95 Å². The van der Waals surface area contributed by atoms with Crippen LogP contribution in [0.3, 0.4) is 0 Å². The molecule has 0 aliphatic heterocycles. The van der Waals surface area contributed by atoms with E-state index in [1.807, 2.05) is 30.3 Å². The van der Waals surface area contributed by atoms with E-state index < -0.39 is 0 Å². The van der Waals surface area contributed by atoms with E-state index in [1.165, 1.54) is 6.07 Å². The zero-order chi connectivity index (χ0) is 12.3. The molecule has 0 fully saturated rings. The van der Waals surface area contributed by atoms with E-state index in [0.717, 1.165) is 5.56 Å². The van der Waals surface area contributed by atoms with Gasteiger partial charge in [-0.25, -0.2) is 4.98 Å². The molecule has 4 N–H and O–H groups in total. The molecule has 5 nitrogen and oxygen atoms in total. The van der Waals surface area contributed by atoms with Gasteiger partial charge in [0.1, 0.15) is 0 Å². The van der Waals surface area contributed by atoms with Crippen molar-refractivity contribution in [3.63, 3.8) is 0 Å². The molecule has 0 bridgehead atoms. The second kappa shape index (κ2) is 4.75. The molecule has 6 heteroatoms.